The molecular formula is C11H16BrNO. The molecule has 0 saturated heterocycles. The molecule has 0 heterocycles. The quantitative estimate of drug-likeness (QED) is 0.875. The first-order valence-electron chi connectivity index (χ1n) is 4.81. The van der Waals surface area contributed by atoms with E-state index in [0.717, 1.165) is 16.5 Å². The number of halogens is 1. The highest BCUT2D eigenvalue weighted by atomic mass is 79.9. The maximum absolute atomic E-state index is 9.82. The number of phenols is 1. The summed E-state index contributed by atoms with van der Waals surface area (Å²) in [4.78, 5) is 0. The molecule has 0 saturated carbocycles. The van der Waals surface area contributed by atoms with E-state index in [2.05, 4.69) is 22.9 Å². The minimum atomic E-state index is 0.192. The number of hydrogen-bond donors (Lipinski definition) is 2. The second-order valence-electron chi connectivity index (χ2n) is 3.51. The first kappa shape index (κ1) is 11.5. The van der Waals surface area contributed by atoms with Crippen molar-refractivity contribution in [2.45, 2.75) is 26.2 Å². The van der Waals surface area contributed by atoms with Crippen LogP contribution in [0.25, 0.3) is 0 Å². The normalized spacial score (nSPS) is 12.9. The van der Waals surface area contributed by atoms with Crippen molar-refractivity contribution >= 4 is 15.9 Å². The lowest BCUT2D eigenvalue weighted by molar-refractivity contribution is 0.459. The Labute approximate surface area is 93.3 Å². The Bertz CT molecular complexity index is 325. The molecule has 1 aromatic rings. The lowest BCUT2D eigenvalue weighted by atomic mass is 9.97. The van der Waals surface area contributed by atoms with Crippen LogP contribution < -0.4 is 5.73 Å². The van der Waals surface area contributed by atoms with Crippen LogP contribution in [0.4, 0.5) is 0 Å². The van der Waals surface area contributed by atoms with E-state index in [4.69, 9.17) is 5.73 Å². The van der Waals surface area contributed by atoms with Crippen LogP contribution in [-0.4, -0.2) is 11.7 Å². The van der Waals surface area contributed by atoms with Crippen LogP contribution in [-0.2, 0) is 6.42 Å². The van der Waals surface area contributed by atoms with Gasteiger partial charge in [0.05, 0.1) is 4.47 Å². The van der Waals surface area contributed by atoms with Crippen LogP contribution in [0, 0.1) is 0 Å². The van der Waals surface area contributed by atoms with E-state index in [0.29, 0.717) is 12.3 Å². The van der Waals surface area contributed by atoms with Gasteiger partial charge in [-0.1, -0.05) is 19.9 Å². The number of hydrogen-bond acceptors (Lipinski definition) is 2. The van der Waals surface area contributed by atoms with Crippen LogP contribution in [0.15, 0.2) is 16.6 Å². The fourth-order valence-corrected chi connectivity index (χ4v) is 1.91. The summed E-state index contributed by atoms with van der Waals surface area (Å²) < 4.78 is 0.757. The number of aryl methyl sites for hydroxylation is 1. The molecule has 78 valence electrons. The van der Waals surface area contributed by atoms with E-state index in [1.807, 2.05) is 19.1 Å². The van der Waals surface area contributed by atoms with Crippen LogP contribution in [0.5, 0.6) is 5.75 Å². The number of aromatic hydroxyl groups is 1. The summed E-state index contributed by atoms with van der Waals surface area (Å²) in [6.45, 7) is 4.66. The second-order valence-corrected chi connectivity index (χ2v) is 4.36. The Morgan fingerprint density at radius 3 is 2.64 bits per heavy atom. The van der Waals surface area contributed by atoms with E-state index in [1.165, 1.54) is 5.56 Å². The summed E-state index contributed by atoms with van der Waals surface area (Å²) in [5.74, 6) is 0.512. The van der Waals surface area contributed by atoms with Gasteiger partial charge in [0.15, 0.2) is 0 Å². The van der Waals surface area contributed by atoms with Crippen LogP contribution in [0.3, 0.4) is 0 Å². The monoisotopic (exact) mass is 257 g/mol. The first-order chi connectivity index (χ1) is 6.60. The van der Waals surface area contributed by atoms with Gasteiger partial charge in [-0.05, 0) is 52.0 Å². The van der Waals surface area contributed by atoms with Crippen LogP contribution in [0.2, 0.25) is 0 Å². The second kappa shape index (κ2) is 4.80. The molecule has 1 aromatic carbocycles. The minimum absolute atomic E-state index is 0.192. The lowest BCUT2D eigenvalue weighted by Crippen LogP contribution is -2.09. The van der Waals surface area contributed by atoms with Gasteiger partial charge in [-0.15, -0.1) is 0 Å². The van der Waals surface area contributed by atoms with Crippen molar-refractivity contribution in [1.29, 1.82) is 0 Å². The van der Waals surface area contributed by atoms with Crippen molar-refractivity contribution in [3.63, 3.8) is 0 Å². The Hall–Kier alpha value is -0.540. The van der Waals surface area contributed by atoms with Gasteiger partial charge in [0.25, 0.3) is 0 Å². The minimum Gasteiger partial charge on any atom is -0.506 e. The molecule has 0 aromatic heterocycles. The van der Waals surface area contributed by atoms with Gasteiger partial charge in [-0.3, -0.25) is 0 Å². The third kappa shape index (κ3) is 2.28. The summed E-state index contributed by atoms with van der Waals surface area (Å²) in [5, 5.41) is 9.82. The zero-order valence-electron chi connectivity index (χ0n) is 8.55. The molecule has 14 heavy (non-hydrogen) atoms. The van der Waals surface area contributed by atoms with Gasteiger partial charge >= 0.3 is 0 Å². The summed E-state index contributed by atoms with van der Waals surface area (Å²) in [7, 11) is 0. The molecule has 0 aliphatic rings. The third-order valence-electron chi connectivity index (χ3n) is 2.45. The fraction of sp³-hybridized carbons (Fsp3) is 0.455. The Kier molecular flexibility index (Phi) is 3.96. The highest BCUT2D eigenvalue weighted by molar-refractivity contribution is 9.10. The molecule has 3 heteroatoms. The topological polar surface area (TPSA) is 46.2 Å². The molecule has 0 amide bonds. The van der Waals surface area contributed by atoms with Gasteiger partial charge in [0.1, 0.15) is 5.75 Å². The summed E-state index contributed by atoms with van der Waals surface area (Å²) in [5.41, 5.74) is 7.73. The van der Waals surface area contributed by atoms with E-state index in [-0.39, 0.29) is 5.92 Å². The number of nitrogens with two attached hydrogens (primary N) is 1. The molecule has 0 fully saturated rings. The molecule has 1 rings (SSSR count). The van der Waals surface area contributed by atoms with Crippen molar-refractivity contribution in [3.8, 4) is 5.75 Å². The molecular weight excluding hydrogens is 242 g/mol. The summed E-state index contributed by atoms with van der Waals surface area (Å²) in [6, 6.07) is 3.97. The van der Waals surface area contributed by atoms with E-state index in [1.54, 1.807) is 0 Å². The molecule has 2 nitrogen and oxygen atoms in total. The predicted molar refractivity (Wildman–Crippen MR) is 62.7 cm³/mol. The third-order valence-corrected chi connectivity index (χ3v) is 3.05. The average Bonchev–Trinajstić information content (AvgIpc) is 2.20. The highest BCUT2D eigenvalue weighted by Gasteiger charge is 2.12. The fourth-order valence-electron chi connectivity index (χ4n) is 1.39. The molecule has 0 spiro atoms. The predicted octanol–water partition coefficient (Wildman–Crippen LogP) is 2.78. The van der Waals surface area contributed by atoms with E-state index in [9.17, 15) is 5.11 Å². The van der Waals surface area contributed by atoms with Gasteiger partial charge < -0.3 is 10.8 Å². The molecule has 0 radical (unpaired) electrons. The SMILES string of the molecule is CCc1cc(Br)c(O)c(C(C)CN)c1. The molecule has 0 aliphatic carbocycles. The van der Waals surface area contributed by atoms with E-state index < -0.39 is 0 Å². The van der Waals surface area contributed by atoms with Crippen molar-refractivity contribution in [2.75, 3.05) is 6.54 Å². The Morgan fingerprint density at radius 2 is 2.14 bits per heavy atom. The van der Waals surface area contributed by atoms with Gasteiger partial charge in [0, 0.05) is 0 Å². The molecule has 1 atom stereocenters. The van der Waals surface area contributed by atoms with Gasteiger partial charge in [0.2, 0.25) is 0 Å². The Morgan fingerprint density at radius 1 is 1.50 bits per heavy atom. The van der Waals surface area contributed by atoms with Crippen molar-refractivity contribution in [2.24, 2.45) is 5.73 Å². The average molecular weight is 258 g/mol. The molecule has 0 aliphatic heterocycles. The first-order valence-corrected chi connectivity index (χ1v) is 5.60. The smallest absolute Gasteiger partial charge is 0.133 e. The summed E-state index contributed by atoms with van der Waals surface area (Å²) in [6.07, 6.45) is 0.961. The highest BCUT2D eigenvalue weighted by Crippen LogP contribution is 2.33. The van der Waals surface area contributed by atoms with Crippen LogP contribution in [0.1, 0.15) is 30.9 Å². The van der Waals surface area contributed by atoms with Gasteiger partial charge in [-0.2, -0.15) is 0 Å². The zero-order valence-corrected chi connectivity index (χ0v) is 10.1. The standard InChI is InChI=1S/C11H16BrNO/c1-3-8-4-9(7(2)6-13)11(14)10(12)5-8/h4-5,7,14H,3,6,13H2,1-2H3. The lowest BCUT2D eigenvalue weighted by Gasteiger charge is -2.14. The Balaban J connectivity index is 3.20. The maximum atomic E-state index is 9.82. The zero-order chi connectivity index (χ0) is 10.7. The van der Waals surface area contributed by atoms with E-state index >= 15 is 0 Å². The maximum Gasteiger partial charge on any atom is 0.133 e. The largest absolute Gasteiger partial charge is 0.506 e. The number of phenolic OH excluding ortho intramolecular Hbond substituents is 1. The number of benzene rings is 1. The molecule has 3 N–H and O–H groups in total. The van der Waals surface area contributed by atoms with Gasteiger partial charge in [-0.25, -0.2) is 0 Å². The van der Waals surface area contributed by atoms with Crippen molar-refractivity contribution in [1.82, 2.24) is 0 Å². The van der Waals surface area contributed by atoms with Crippen LogP contribution >= 0.6 is 15.9 Å². The number of rotatable bonds is 3. The van der Waals surface area contributed by atoms with Crippen molar-refractivity contribution in [3.05, 3.63) is 27.7 Å². The molecule has 1 unspecified atom stereocenters. The van der Waals surface area contributed by atoms with Crippen molar-refractivity contribution < 1.29 is 5.11 Å². The molecule has 0 bridgehead atoms. The summed E-state index contributed by atoms with van der Waals surface area (Å²) >= 11 is 3.34.